The molecule has 2 aromatic rings. The molecule has 21 heavy (non-hydrogen) atoms. The molecule has 0 radical (unpaired) electrons. The van der Waals surface area contributed by atoms with Gasteiger partial charge in [0, 0.05) is 18.0 Å². The van der Waals surface area contributed by atoms with E-state index >= 15 is 0 Å². The number of nitrogens with two attached hydrogens (primary N) is 1. The van der Waals surface area contributed by atoms with Crippen molar-refractivity contribution in [3.63, 3.8) is 0 Å². The maximum absolute atomic E-state index is 12.5. The van der Waals surface area contributed by atoms with Crippen LogP contribution in [0.5, 0.6) is 11.5 Å². The molecule has 0 aliphatic heterocycles. The molecular formula is C14H15ClN2O3S. The molecule has 2 N–H and O–H groups in total. The second kappa shape index (κ2) is 6.78. The SMILES string of the molecule is COc1ccnc(CS(=O)c2c(N)cccc2Cl)c1OC. The number of nitrogens with zero attached hydrogens (tertiary/aromatic N) is 1. The fraction of sp³-hybridized carbons (Fsp3) is 0.214. The number of ether oxygens (including phenoxy) is 2. The van der Waals surface area contributed by atoms with Crippen molar-refractivity contribution in [2.24, 2.45) is 0 Å². The highest BCUT2D eigenvalue weighted by atomic mass is 35.5. The minimum absolute atomic E-state index is 0.133. The van der Waals surface area contributed by atoms with E-state index in [1.165, 1.54) is 14.2 Å². The average molecular weight is 327 g/mol. The highest BCUT2D eigenvalue weighted by Gasteiger charge is 2.18. The zero-order valence-corrected chi connectivity index (χ0v) is 13.2. The Balaban J connectivity index is 2.36. The standard InChI is InChI=1S/C14H15ClN2O3S/c1-19-12-6-7-17-11(13(12)20-2)8-21(18)14-9(15)4-3-5-10(14)16/h3-7H,8,16H2,1-2H3. The molecule has 0 amide bonds. The molecule has 1 unspecified atom stereocenters. The summed E-state index contributed by atoms with van der Waals surface area (Å²) in [5, 5.41) is 0.371. The Kier molecular flexibility index (Phi) is 5.03. The first-order valence-electron chi connectivity index (χ1n) is 6.06. The lowest BCUT2D eigenvalue weighted by Gasteiger charge is -2.12. The molecule has 0 fully saturated rings. The fourth-order valence-electron chi connectivity index (χ4n) is 1.92. The second-order valence-electron chi connectivity index (χ2n) is 4.14. The first kappa shape index (κ1) is 15.6. The Morgan fingerprint density at radius 3 is 2.67 bits per heavy atom. The average Bonchev–Trinajstić information content (AvgIpc) is 2.46. The van der Waals surface area contributed by atoms with Crippen LogP contribution in [0.15, 0.2) is 35.4 Å². The Morgan fingerprint density at radius 2 is 2.05 bits per heavy atom. The molecular weight excluding hydrogens is 312 g/mol. The van der Waals surface area contributed by atoms with Gasteiger partial charge in [-0.2, -0.15) is 0 Å². The lowest BCUT2D eigenvalue weighted by molar-refractivity contribution is 0.350. The van der Waals surface area contributed by atoms with Gasteiger partial charge in [-0.15, -0.1) is 0 Å². The Bertz CT molecular complexity index is 659. The molecule has 0 saturated carbocycles. The first-order chi connectivity index (χ1) is 10.1. The summed E-state index contributed by atoms with van der Waals surface area (Å²) < 4.78 is 23.0. The number of hydrogen-bond acceptors (Lipinski definition) is 5. The van der Waals surface area contributed by atoms with Gasteiger partial charge in [-0.1, -0.05) is 17.7 Å². The molecule has 0 saturated heterocycles. The van der Waals surface area contributed by atoms with Gasteiger partial charge in [-0.25, -0.2) is 0 Å². The van der Waals surface area contributed by atoms with E-state index in [0.29, 0.717) is 32.8 Å². The van der Waals surface area contributed by atoms with E-state index < -0.39 is 10.8 Å². The third kappa shape index (κ3) is 3.28. The van der Waals surface area contributed by atoms with E-state index in [4.69, 9.17) is 26.8 Å². The van der Waals surface area contributed by atoms with Crippen molar-refractivity contribution in [3.8, 4) is 11.5 Å². The summed E-state index contributed by atoms with van der Waals surface area (Å²) in [5.41, 5.74) is 6.76. The topological polar surface area (TPSA) is 74.4 Å². The minimum atomic E-state index is -1.43. The lowest BCUT2D eigenvalue weighted by atomic mass is 10.3. The monoisotopic (exact) mass is 326 g/mol. The molecule has 112 valence electrons. The largest absolute Gasteiger partial charge is 0.493 e. The molecule has 0 aliphatic rings. The molecule has 0 aliphatic carbocycles. The summed E-state index contributed by atoms with van der Waals surface area (Å²) in [7, 11) is 1.61. The first-order valence-corrected chi connectivity index (χ1v) is 7.76. The van der Waals surface area contributed by atoms with Crippen molar-refractivity contribution in [1.82, 2.24) is 4.98 Å². The van der Waals surface area contributed by atoms with Crippen LogP contribution in [0.25, 0.3) is 0 Å². The van der Waals surface area contributed by atoms with Gasteiger partial charge in [-0.05, 0) is 12.1 Å². The Morgan fingerprint density at radius 1 is 1.29 bits per heavy atom. The van der Waals surface area contributed by atoms with Crippen LogP contribution in [0.1, 0.15) is 5.69 Å². The van der Waals surface area contributed by atoms with Gasteiger partial charge in [0.15, 0.2) is 11.5 Å². The second-order valence-corrected chi connectivity index (χ2v) is 5.94. The molecule has 1 aromatic carbocycles. The third-order valence-corrected chi connectivity index (χ3v) is 4.73. The number of hydrogen-bond donors (Lipinski definition) is 1. The molecule has 0 spiro atoms. The summed E-state index contributed by atoms with van der Waals surface area (Å²) in [6.07, 6.45) is 1.57. The van der Waals surface area contributed by atoms with Crippen molar-refractivity contribution in [2.75, 3.05) is 20.0 Å². The van der Waals surface area contributed by atoms with E-state index in [9.17, 15) is 4.21 Å². The van der Waals surface area contributed by atoms with E-state index in [1.807, 2.05) is 0 Å². The molecule has 5 nitrogen and oxygen atoms in total. The van der Waals surface area contributed by atoms with Crippen molar-refractivity contribution in [2.45, 2.75) is 10.6 Å². The van der Waals surface area contributed by atoms with Gasteiger partial charge in [0.05, 0.1) is 46.4 Å². The number of benzene rings is 1. The highest BCUT2D eigenvalue weighted by Crippen LogP contribution is 2.32. The smallest absolute Gasteiger partial charge is 0.183 e. The molecule has 7 heteroatoms. The van der Waals surface area contributed by atoms with Crippen molar-refractivity contribution >= 4 is 28.1 Å². The van der Waals surface area contributed by atoms with Crippen LogP contribution in [-0.2, 0) is 16.6 Å². The van der Waals surface area contributed by atoms with Crippen molar-refractivity contribution < 1.29 is 13.7 Å². The van der Waals surface area contributed by atoms with Crippen LogP contribution >= 0.6 is 11.6 Å². The highest BCUT2D eigenvalue weighted by molar-refractivity contribution is 7.84. The number of nitrogen functional groups attached to an aromatic ring is 1. The predicted octanol–water partition coefficient (Wildman–Crippen LogP) is 2.64. The van der Waals surface area contributed by atoms with Gasteiger partial charge >= 0.3 is 0 Å². The Hall–Kier alpha value is -1.79. The third-order valence-electron chi connectivity index (χ3n) is 2.86. The lowest BCUT2D eigenvalue weighted by Crippen LogP contribution is -2.05. The van der Waals surface area contributed by atoms with Gasteiger partial charge in [0.2, 0.25) is 0 Å². The molecule has 1 atom stereocenters. The number of rotatable bonds is 5. The van der Waals surface area contributed by atoms with Crippen LogP contribution < -0.4 is 15.2 Å². The molecule has 2 rings (SSSR count). The Labute approximate surface area is 130 Å². The van der Waals surface area contributed by atoms with Crippen LogP contribution in [0.3, 0.4) is 0 Å². The summed E-state index contributed by atoms with van der Waals surface area (Å²) in [6.45, 7) is 0. The molecule has 1 heterocycles. The molecule has 1 aromatic heterocycles. The van der Waals surface area contributed by atoms with Gasteiger partial charge in [0.1, 0.15) is 0 Å². The predicted molar refractivity (Wildman–Crippen MR) is 83.3 cm³/mol. The van der Waals surface area contributed by atoms with Crippen LogP contribution in [0.4, 0.5) is 5.69 Å². The number of pyridine rings is 1. The van der Waals surface area contributed by atoms with E-state index in [1.54, 1.807) is 30.5 Å². The van der Waals surface area contributed by atoms with Crippen molar-refractivity contribution in [3.05, 3.63) is 41.2 Å². The summed E-state index contributed by atoms with van der Waals surface area (Å²) in [4.78, 5) is 4.61. The quantitative estimate of drug-likeness (QED) is 0.855. The summed E-state index contributed by atoms with van der Waals surface area (Å²) in [5.74, 6) is 1.12. The van der Waals surface area contributed by atoms with Crippen LogP contribution in [0, 0.1) is 0 Å². The minimum Gasteiger partial charge on any atom is -0.493 e. The number of aromatic nitrogens is 1. The van der Waals surface area contributed by atoms with E-state index in [0.717, 1.165) is 0 Å². The summed E-state index contributed by atoms with van der Waals surface area (Å²) in [6, 6.07) is 6.70. The van der Waals surface area contributed by atoms with Gasteiger partial charge < -0.3 is 15.2 Å². The number of halogens is 1. The van der Waals surface area contributed by atoms with Crippen LogP contribution in [0.2, 0.25) is 5.02 Å². The fourth-order valence-corrected chi connectivity index (χ4v) is 3.57. The zero-order chi connectivity index (χ0) is 15.4. The van der Waals surface area contributed by atoms with Gasteiger partial charge in [0.25, 0.3) is 0 Å². The summed E-state index contributed by atoms with van der Waals surface area (Å²) >= 11 is 6.07. The van der Waals surface area contributed by atoms with E-state index in [2.05, 4.69) is 4.98 Å². The van der Waals surface area contributed by atoms with E-state index in [-0.39, 0.29) is 5.75 Å². The zero-order valence-electron chi connectivity index (χ0n) is 11.6. The van der Waals surface area contributed by atoms with Crippen molar-refractivity contribution in [1.29, 1.82) is 0 Å². The van der Waals surface area contributed by atoms with Gasteiger partial charge in [-0.3, -0.25) is 9.19 Å². The molecule has 0 bridgehead atoms. The number of anilines is 1. The van der Waals surface area contributed by atoms with Crippen LogP contribution in [-0.4, -0.2) is 23.4 Å². The number of methoxy groups -OCH3 is 2. The normalized spacial score (nSPS) is 12.0. The maximum atomic E-state index is 12.5. The maximum Gasteiger partial charge on any atom is 0.183 e.